The van der Waals surface area contributed by atoms with Crippen LogP contribution in [-0.4, -0.2) is 25.5 Å². The molecule has 4 aromatic carbocycles. The lowest BCUT2D eigenvalue weighted by atomic mass is 10.1. The SMILES string of the molecule is O=C(Nc1ccccc1/C=N/NS(=O)(=O)c1ccc2ccccc2c1)c1ccc([N+](=O)[O-])cc1. The van der Waals surface area contributed by atoms with Gasteiger partial charge in [0.1, 0.15) is 0 Å². The molecule has 0 unspecified atom stereocenters. The van der Waals surface area contributed by atoms with Gasteiger partial charge in [0.25, 0.3) is 21.6 Å². The highest BCUT2D eigenvalue weighted by molar-refractivity contribution is 7.89. The third kappa shape index (κ3) is 5.08. The molecule has 1 amide bonds. The summed E-state index contributed by atoms with van der Waals surface area (Å²) in [6, 6.07) is 24.0. The van der Waals surface area contributed by atoms with E-state index >= 15 is 0 Å². The molecule has 34 heavy (non-hydrogen) atoms. The minimum Gasteiger partial charge on any atom is -0.321 e. The fraction of sp³-hybridized carbons (Fsp3) is 0. The maximum absolute atomic E-state index is 12.6. The number of hydrogen-bond acceptors (Lipinski definition) is 6. The van der Waals surface area contributed by atoms with E-state index in [1.54, 1.807) is 36.4 Å². The normalized spacial score (nSPS) is 11.4. The molecule has 2 N–H and O–H groups in total. The van der Waals surface area contributed by atoms with Crippen LogP contribution in [-0.2, 0) is 10.0 Å². The van der Waals surface area contributed by atoms with Gasteiger partial charge in [-0.05, 0) is 41.1 Å². The van der Waals surface area contributed by atoms with Crippen molar-refractivity contribution in [2.45, 2.75) is 4.90 Å². The molecule has 0 radical (unpaired) electrons. The van der Waals surface area contributed by atoms with Crippen LogP contribution in [0.15, 0.2) is 101 Å². The predicted octanol–water partition coefficient (Wildman–Crippen LogP) is 4.31. The van der Waals surface area contributed by atoms with E-state index in [9.17, 15) is 23.3 Å². The van der Waals surface area contributed by atoms with Crippen molar-refractivity contribution in [1.82, 2.24) is 4.83 Å². The number of benzene rings is 4. The van der Waals surface area contributed by atoms with Crippen molar-refractivity contribution in [1.29, 1.82) is 0 Å². The number of para-hydroxylation sites is 1. The van der Waals surface area contributed by atoms with Gasteiger partial charge in [0.05, 0.1) is 16.0 Å². The average molecular weight is 474 g/mol. The highest BCUT2D eigenvalue weighted by atomic mass is 32.2. The average Bonchev–Trinajstić information content (AvgIpc) is 2.84. The second-order valence-corrected chi connectivity index (χ2v) is 8.87. The molecule has 4 aromatic rings. The number of non-ortho nitro benzene ring substituents is 1. The van der Waals surface area contributed by atoms with Crippen LogP contribution in [0.5, 0.6) is 0 Å². The summed E-state index contributed by atoms with van der Waals surface area (Å²) in [6.07, 6.45) is 1.28. The standard InChI is InChI=1S/C24H18N4O5S/c29-24(18-9-12-21(13-10-18)28(30)31)26-23-8-4-3-7-20(23)16-25-27-34(32,33)22-14-11-17-5-1-2-6-19(17)15-22/h1-16,27H,(H,26,29)/b25-16+. The number of sulfonamides is 1. The van der Waals surface area contributed by atoms with Gasteiger partial charge in [-0.1, -0.05) is 48.5 Å². The van der Waals surface area contributed by atoms with Crippen LogP contribution < -0.4 is 10.1 Å². The van der Waals surface area contributed by atoms with E-state index in [-0.39, 0.29) is 16.1 Å². The number of nitro groups is 1. The predicted molar refractivity (Wildman–Crippen MR) is 129 cm³/mol. The second-order valence-electron chi connectivity index (χ2n) is 7.21. The Bertz CT molecular complexity index is 1520. The lowest BCUT2D eigenvalue weighted by Crippen LogP contribution is -2.18. The molecule has 0 saturated heterocycles. The number of fused-ring (bicyclic) bond motifs is 1. The lowest BCUT2D eigenvalue weighted by Gasteiger charge is -2.09. The smallest absolute Gasteiger partial charge is 0.276 e. The zero-order valence-electron chi connectivity index (χ0n) is 17.6. The fourth-order valence-electron chi connectivity index (χ4n) is 3.20. The van der Waals surface area contributed by atoms with Crippen molar-refractivity contribution in [2.24, 2.45) is 5.10 Å². The van der Waals surface area contributed by atoms with Gasteiger partial charge in [-0.25, -0.2) is 4.83 Å². The van der Waals surface area contributed by atoms with Crippen LogP contribution in [0.25, 0.3) is 10.8 Å². The molecule has 0 bridgehead atoms. The van der Waals surface area contributed by atoms with Crippen molar-refractivity contribution < 1.29 is 18.1 Å². The summed E-state index contributed by atoms with van der Waals surface area (Å²) < 4.78 is 25.3. The molecule has 0 atom stereocenters. The zero-order chi connectivity index (χ0) is 24.1. The van der Waals surface area contributed by atoms with Crippen LogP contribution in [0, 0.1) is 10.1 Å². The zero-order valence-corrected chi connectivity index (χ0v) is 18.4. The van der Waals surface area contributed by atoms with Crippen molar-refractivity contribution in [2.75, 3.05) is 5.32 Å². The number of carbonyl (C=O) groups is 1. The second kappa shape index (κ2) is 9.51. The van der Waals surface area contributed by atoms with Crippen molar-refractivity contribution >= 4 is 44.3 Å². The molecule has 0 heterocycles. The number of hydrogen-bond donors (Lipinski definition) is 2. The first-order chi connectivity index (χ1) is 16.3. The van der Waals surface area contributed by atoms with Gasteiger partial charge in [-0.15, -0.1) is 0 Å². The Hall–Kier alpha value is -4.57. The first kappa shape index (κ1) is 22.6. The van der Waals surface area contributed by atoms with Gasteiger partial charge in [-0.3, -0.25) is 14.9 Å². The largest absolute Gasteiger partial charge is 0.321 e. The van der Waals surface area contributed by atoms with Gasteiger partial charge < -0.3 is 5.32 Å². The Balaban J connectivity index is 1.49. The van der Waals surface area contributed by atoms with E-state index < -0.39 is 20.9 Å². The Kier molecular flexibility index (Phi) is 6.33. The Morgan fingerprint density at radius 2 is 1.56 bits per heavy atom. The maximum Gasteiger partial charge on any atom is 0.276 e. The van der Waals surface area contributed by atoms with Crippen molar-refractivity contribution in [3.05, 3.63) is 112 Å². The Morgan fingerprint density at radius 1 is 0.882 bits per heavy atom. The summed E-state index contributed by atoms with van der Waals surface area (Å²) in [7, 11) is -3.90. The van der Waals surface area contributed by atoms with Gasteiger partial charge in [0.15, 0.2) is 0 Å². The van der Waals surface area contributed by atoms with E-state index in [4.69, 9.17) is 0 Å². The number of nitro benzene ring substituents is 1. The van der Waals surface area contributed by atoms with E-state index in [2.05, 4.69) is 15.2 Å². The molecule has 4 rings (SSSR count). The molecule has 0 fully saturated rings. The van der Waals surface area contributed by atoms with Gasteiger partial charge in [-0.2, -0.15) is 13.5 Å². The summed E-state index contributed by atoms with van der Waals surface area (Å²) in [6.45, 7) is 0. The number of nitrogens with one attached hydrogen (secondary N) is 2. The maximum atomic E-state index is 12.6. The van der Waals surface area contributed by atoms with Crippen LogP contribution in [0.3, 0.4) is 0 Å². The third-order valence-corrected chi connectivity index (χ3v) is 6.18. The van der Waals surface area contributed by atoms with E-state index in [0.717, 1.165) is 10.8 Å². The minimum atomic E-state index is -3.90. The number of amides is 1. The monoisotopic (exact) mass is 474 g/mol. The van der Waals surface area contributed by atoms with Gasteiger partial charge >= 0.3 is 0 Å². The number of hydrazone groups is 1. The Labute approximate surface area is 194 Å². The fourth-order valence-corrected chi connectivity index (χ4v) is 4.03. The molecule has 0 aliphatic carbocycles. The minimum absolute atomic E-state index is 0.0723. The van der Waals surface area contributed by atoms with Gasteiger partial charge in [0.2, 0.25) is 0 Å². The number of carbonyl (C=O) groups excluding carboxylic acids is 1. The summed E-state index contributed by atoms with van der Waals surface area (Å²) in [5, 5.41) is 19.0. The van der Waals surface area contributed by atoms with Crippen LogP contribution >= 0.6 is 0 Å². The highest BCUT2D eigenvalue weighted by Gasteiger charge is 2.14. The summed E-state index contributed by atoms with van der Waals surface area (Å²) in [5.41, 5.74) is 0.954. The Morgan fingerprint density at radius 3 is 2.29 bits per heavy atom. The van der Waals surface area contributed by atoms with Gasteiger partial charge in [0, 0.05) is 28.9 Å². The molecule has 9 nitrogen and oxygen atoms in total. The van der Waals surface area contributed by atoms with Crippen LogP contribution in [0.4, 0.5) is 11.4 Å². The molecule has 0 aliphatic rings. The molecule has 0 aliphatic heterocycles. The van der Waals surface area contributed by atoms with Crippen molar-refractivity contribution in [3.8, 4) is 0 Å². The molecule has 10 heteroatoms. The molecule has 0 saturated carbocycles. The first-order valence-corrected chi connectivity index (χ1v) is 11.5. The lowest BCUT2D eigenvalue weighted by molar-refractivity contribution is -0.384. The third-order valence-electron chi connectivity index (χ3n) is 4.96. The molecule has 170 valence electrons. The quantitative estimate of drug-likeness (QED) is 0.234. The molecular formula is C24H18N4O5S. The first-order valence-electron chi connectivity index (χ1n) is 10.0. The number of rotatable bonds is 7. The molecule has 0 spiro atoms. The number of anilines is 1. The highest BCUT2D eigenvalue weighted by Crippen LogP contribution is 2.19. The van der Waals surface area contributed by atoms with Crippen LogP contribution in [0.2, 0.25) is 0 Å². The molecular weight excluding hydrogens is 456 g/mol. The summed E-state index contributed by atoms with van der Waals surface area (Å²) in [5.74, 6) is -0.479. The van der Waals surface area contributed by atoms with Crippen LogP contribution in [0.1, 0.15) is 15.9 Å². The summed E-state index contributed by atoms with van der Waals surface area (Å²) >= 11 is 0. The van der Waals surface area contributed by atoms with E-state index in [1.165, 1.54) is 36.5 Å². The van der Waals surface area contributed by atoms with E-state index in [0.29, 0.717) is 11.3 Å². The van der Waals surface area contributed by atoms with Crippen molar-refractivity contribution in [3.63, 3.8) is 0 Å². The van der Waals surface area contributed by atoms with E-state index in [1.807, 2.05) is 24.3 Å². The number of nitrogens with zero attached hydrogens (tertiary/aromatic N) is 2. The molecule has 0 aromatic heterocycles. The topological polar surface area (TPSA) is 131 Å². The summed E-state index contributed by atoms with van der Waals surface area (Å²) in [4.78, 5) is 25.0.